The van der Waals surface area contributed by atoms with Crippen molar-refractivity contribution < 1.29 is 13.9 Å². The SMILES string of the molecule is COC1Cc2[nH]c(N3CCN(C(C)=O)CC3)cc(=O)c2C=C1c1cnco1. The summed E-state index contributed by atoms with van der Waals surface area (Å²) in [6.07, 6.45) is 5.15. The van der Waals surface area contributed by atoms with E-state index >= 15 is 0 Å². The molecule has 1 N–H and O–H groups in total. The van der Waals surface area contributed by atoms with E-state index in [0.29, 0.717) is 43.9 Å². The molecule has 0 spiro atoms. The minimum Gasteiger partial charge on any atom is -0.444 e. The fourth-order valence-corrected chi connectivity index (χ4v) is 3.70. The molecular formula is C19H22N4O4. The molecule has 0 aromatic carbocycles. The summed E-state index contributed by atoms with van der Waals surface area (Å²) in [7, 11) is 1.64. The van der Waals surface area contributed by atoms with Gasteiger partial charge in [0, 0.05) is 69.5 Å². The van der Waals surface area contributed by atoms with Crippen LogP contribution in [0.5, 0.6) is 0 Å². The van der Waals surface area contributed by atoms with E-state index in [4.69, 9.17) is 9.15 Å². The van der Waals surface area contributed by atoms with Gasteiger partial charge in [0.25, 0.3) is 0 Å². The topological polar surface area (TPSA) is 91.7 Å². The van der Waals surface area contributed by atoms with Gasteiger partial charge in [-0.2, -0.15) is 0 Å². The zero-order valence-electron chi connectivity index (χ0n) is 15.4. The number of aromatic nitrogens is 2. The lowest BCUT2D eigenvalue weighted by Crippen LogP contribution is -2.48. The summed E-state index contributed by atoms with van der Waals surface area (Å²) in [4.78, 5) is 35.6. The number of fused-ring (bicyclic) bond motifs is 1. The van der Waals surface area contributed by atoms with E-state index in [-0.39, 0.29) is 17.4 Å². The fourth-order valence-electron chi connectivity index (χ4n) is 3.70. The van der Waals surface area contributed by atoms with Crippen molar-refractivity contribution in [1.82, 2.24) is 14.9 Å². The predicted molar refractivity (Wildman–Crippen MR) is 100 cm³/mol. The van der Waals surface area contributed by atoms with Gasteiger partial charge in [-0.1, -0.05) is 0 Å². The average Bonchev–Trinajstić information content (AvgIpc) is 3.21. The fraction of sp³-hybridized carbons (Fsp3) is 0.421. The molecule has 4 rings (SSSR count). The normalized spacial score (nSPS) is 19.6. The Kier molecular flexibility index (Phi) is 4.57. The Balaban J connectivity index is 1.65. The standard InChI is InChI=1S/C19H22N4O4/c1-12(24)22-3-5-23(6-4-22)19-9-16(25)13-7-14(18-10-20-11-27-18)17(26-2)8-15(13)21-19/h7,9-11,17H,3-6,8H2,1-2H3,(H,21,25). The van der Waals surface area contributed by atoms with Gasteiger partial charge in [-0.05, 0) is 6.08 Å². The molecule has 1 saturated heterocycles. The van der Waals surface area contributed by atoms with E-state index in [1.807, 2.05) is 11.0 Å². The van der Waals surface area contributed by atoms with Crippen LogP contribution in [0.1, 0.15) is 23.9 Å². The third kappa shape index (κ3) is 3.28. The van der Waals surface area contributed by atoms with E-state index in [2.05, 4.69) is 14.9 Å². The van der Waals surface area contributed by atoms with E-state index in [0.717, 1.165) is 17.1 Å². The van der Waals surface area contributed by atoms with Gasteiger partial charge in [-0.25, -0.2) is 4.98 Å². The first-order valence-electron chi connectivity index (χ1n) is 8.96. The monoisotopic (exact) mass is 370 g/mol. The maximum Gasteiger partial charge on any atom is 0.219 e. The molecule has 0 radical (unpaired) electrons. The molecule has 27 heavy (non-hydrogen) atoms. The third-order valence-electron chi connectivity index (χ3n) is 5.24. The molecule has 1 amide bonds. The Morgan fingerprint density at radius 3 is 2.74 bits per heavy atom. The first-order chi connectivity index (χ1) is 13.1. The molecule has 1 unspecified atom stereocenters. The predicted octanol–water partition coefficient (Wildman–Crippen LogP) is 1.14. The van der Waals surface area contributed by atoms with E-state index in [1.54, 1.807) is 26.3 Å². The van der Waals surface area contributed by atoms with Gasteiger partial charge < -0.3 is 23.9 Å². The van der Waals surface area contributed by atoms with Crippen LogP contribution in [0.15, 0.2) is 27.9 Å². The molecule has 0 saturated carbocycles. The number of amides is 1. The maximum absolute atomic E-state index is 12.8. The summed E-state index contributed by atoms with van der Waals surface area (Å²) in [5, 5.41) is 0. The number of hydrogen-bond donors (Lipinski definition) is 1. The first kappa shape index (κ1) is 17.5. The van der Waals surface area contributed by atoms with Crippen molar-refractivity contribution in [1.29, 1.82) is 0 Å². The zero-order valence-corrected chi connectivity index (χ0v) is 15.4. The Hall–Kier alpha value is -2.87. The van der Waals surface area contributed by atoms with Crippen molar-refractivity contribution in [3.63, 3.8) is 0 Å². The second-order valence-electron chi connectivity index (χ2n) is 6.80. The number of nitrogens with one attached hydrogen (secondary N) is 1. The molecule has 2 aromatic heterocycles. The number of piperazine rings is 1. The Morgan fingerprint density at radius 2 is 2.11 bits per heavy atom. The lowest BCUT2D eigenvalue weighted by molar-refractivity contribution is -0.129. The molecule has 1 aliphatic heterocycles. The number of nitrogens with zero attached hydrogens (tertiary/aromatic N) is 3. The van der Waals surface area contributed by atoms with Gasteiger partial charge in [0.15, 0.2) is 17.6 Å². The molecule has 142 valence electrons. The zero-order chi connectivity index (χ0) is 19.0. The number of ether oxygens (including phenoxy) is 1. The van der Waals surface area contributed by atoms with Crippen molar-refractivity contribution in [2.45, 2.75) is 19.4 Å². The van der Waals surface area contributed by atoms with Gasteiger partial charge in [-0.15, -0.1) is 0 Å². The van der Waals surface area contributed by atoms with Crippen LogP contribution in [-0.4, -0.2) is 60.2 Å². The van der Waals surface area contributed by atoms with Gasteiger partial charge in [0.1, 0.15) is 5.82 Å². The van der Waals surface area contributed by atoms with E-state index in [9.17, 15) is 9.59 Å². The van der Waals surface area contributed by atoms with Crippen LogP contribution in [0.4, 0.5) is 5.82 Å². The Bertz CT molecular complexity index is 924. The van der Waals surface area contributed by atoms with Crippen molar-refractivity contribution in [2.75, 3.05) is 38.2 Å². The number of carbonyl (C=O) groups excluding carboxylic acids is 1. The maximum atomic E-state index is 12.8. The van der Waals surface area contributed by atoms with Gasteiger partial charge in [-0.3, -0.25) is 9.59 Å². The summed E-state index contributed by atoms with van der Waals surface area (Å²) in [5.74, 6) is 1.48. The first-order valence-corrected chi connectivity index (χ1v) is 8.96. The molecule has 1 aliphatic carbocycles. The highest BCUT2D eigenvalue weighted by molar-refractivity contribution is 5.84. The van der Waals surface area contributed by atoms with Crippen LogP contribution in [-0.2, 0) is 16.0 Å². The smallest absolute Gasteiger partial charge is 0.219 e. The highest BCUT2D eigenvalue weighted by atomic mass is 16.5. The number of rotatable bonds is 3. The van der Waals surface area contributed by atoms with Crippen LogP contribution in [0.25, 0.3) is 11.6 Å². The number of H-pyrrole nitrogens is 1. The summed E-state index contributed by atoms with van der Waals surface area (Å²) in [5.41, 5.74) is 2.25. The lowest BCUT2D eigenvalue weighted by Gasteiger charge is -2.35. The second kappa shape index (κ2) is 7.03. The molecule has 1 atom stereocenters. The van der Waals surface area contributed by atoms with Crippen LogP contribution < -0.4 is 10.3 Å². The quantitative estimate of drug-likeness (QED) is 0.871. The summed E-state index contributed by atoms with van der Waals surface area (Å²) in [6, 6.07) is 1.63. The summed E-state index contributed by atoms with van der Waals surface area (Å²) >= 11 is 0. The van der Waals surface area contributed by atoms with Gasteiger partial charge >= 0.3 is 0 Å². The van der Waals surface area contributed by atoms with Crippen LogP contribution in [0, 0.1) is 0 Å². The lowest BCUT2D eigenvalue weighted by atomic mass is 9.92. The van der Waals surface area contributed by atoms with Crippen LogP contribution >= 0.6 is 0 Å². The van der Waals surface area contributed by atoms with Gasteiger partial charge in [0.05, 0.1) is 12.3 Å². The Labute approximate surface area is 156 Å². The number of methoxy groups -OCH3 is 1. The molecule has 1 fully saturated rings. The molecule has 3 heterocycles. The van der Waals surface area contributed by atoms with E-state index < -0.39 is 0 Å². The number of hydrogen-bond acceptors (Lipinski definition) is 6. The van der Waals surface area contributed by atoms with Crippen molar-refractivity contribution >= 4 is 23.4 Å². The second-order valence-corrected chi connectivity index (χ2v) is 6.80. The van der Waals surface area contributed by atoms with Crippen molar-refractivity contribution in [2.24, 2.45) is 0 Å². The van der Waals surface area contributed by atoms with Crippen molar-refractivity contribution in [3.8, 4) is 0 Å². The average molecular weight is 370 g/mol. The number of carbonyl (C=O) groups is 1. The Morgan fingerprint density at radius 1 is 1.33 bits per heavy atom. The molecular weight excluding hydrogens is 348 g/mol. The largest absolute Gasteiger partial charge is 0.444 e. The number of oxazole rings is 1. The highest BCUT2D eigenvalue weighted by Gasteiger charge is 2.28. The van der Waals surface area contributed by atoms with Crippen molar-refractivity contribution in [3.05, 3.63) is 45.9 Å². The van der Waals surface area contributed by atoms with Gasteiger partial charge in [0.2, 0.25) is 5.91 Å². The van der Waals surface area contributed by atoms with Crippen LogP contribution in [0.2, 0.25) is 0 Å². The molecule has 8 heteroatoms. The molecule has 0 bridgehead atoms. The number of anilines is 1. The minimum absolute atomic E-state index is 0.0423. The highest BCUT2D eigenvalue weighted by Crippen LogP contribution is 2.31. The number of aromatic amines is 1. The summed E-state index contributed by atoms with van der Waals surface area (Å²) < 4.78 is 11.0. The van der Waals surface area contributed by atoms with E-state index in [1.165, 1.54) is 6.39 Å². The molecule has 2 aromatic rings. The number of pyridine rings is 1. The minimum atomic E-state index is -0.217. The summed E-state index contributed by atoms with van der Waals surface area (Å²) in [6.45, 7) is 4.29. The molecule has 8 nitrogen and oxygen atoms in total. The molecule has 2 aliphatic rings. The van der Waals surface area contributed by atoms with Crippen LogP contribution in [0.3, 0.4) is 0 Å². The third-order valence-corrected chi connectivity index (χ3v) is 5.24.